The molecule has 0 fully saturated rings. The first-order chi connectivity index (χ1) is 17.3. The zero-order chi connectivity index (χ0) is 25.4. The maximum atomic E-state index is 13.5. The van der Waals surface area contributed by atoms with Gasteiger partial charge in [0.1, 0.15) is 0 Å². The molecule has 0 unspecified atom stereocenters. The van der Waals surface area contributed by atoms with Crippen molar-refractivity contribution < 1.29 is 27.6 Å². The van der Waals surface area contributed by atoms with Crippen molar-refractivity contribution in [2.24, 2.45) is 0 Å². The number of carbonyl (C=O) groups excluding carboxylic acids is 4. The Morgan fingerprint density at radius 3 is 1.22 bits per heavy atom. The summed E-state index contributed by atoms with van der Waals surface area (Å²) in [7, 11) is -4.05. The summed E-state index contributed by atoms with van der Waals surface area (Å²) in [6.45, 7) is -0.765. The molecule has 9 nitrogen and oxygen atoms in total. The van der Waals surface area contributed by atoms with E-state index >= 15 is 0 Å². The van der Waals surface area contributed by atoms with Crippen molar-refractivity contribution in [3.8, 4) is 0 Å². The molecule has 4 amide bonds. The van der Waals surface area contributed by atoms with Crippen molar-refractivity contribution >= 4 is 33.7 Å². The zero-order valence-electron chi connectivity index (χ0n) is 19.0. The topological polar surface area (TPSA) is 112 Å². The van der Waals surface area contributed by atoms with Crippen LogP contribution in [0.15, 0.2) is 83.8 Å². The van der Waals surface area contributed by atoms with E-state index in [0.29, 0.717) is 0 Å². The summed E-state index contributed by atoms with van der Waals surface area (Å²) < 4.78 is 28.0. The lowest BCUT2D eigenvalue weighted by atomic mass is 10.1. The molecule has 2 aliphatic rings. The number of nitrogens with zero attached hydrogens (tertiary/aromatic N) is 3. The van der Waals surface area contributed by atoms with Crippen molar-refractivity contribution in [2.75, 3.05) is 26.2 Å². The summed E-state index contributed by atoms with van der Waals surface area (Å²) in [5, 5.41) is 0. The number of benzene rings is 3. The highest BCUT2D eigenvalue weighted by Gasteiger charge is 2.38. The van der Waals surface area contributed by atoms with E-state index in [9.17, 15) is 27.6 Å². The molecule has 0 bridgehead atoms. The van der Waals surface area contributed by atoms with Gasteiger partial charge in [0.25, 0.3) is 23.6 Å². The molecule has 0 radical (unpaired) electrons. The standard InChI is InChI=1S/C26H21N3O6S/c30-23-19-10-4-5-11-20(19)24(31)28(23)16-14-27(36(34,35)18-8-2-1-3-9-18)15-17-29-25(32)21-12-6-7-13-22(21)26(29)33/h1-13H,14-17H2. The number of amides is 4. The molecule has 3 aromatic rings. The Hall–Kier alpha value is -4.15. The van der Waals surface area contributed by atoms with Crippen molar-refractivity contribution in [3.63, 3.8) is 0 Å². The summed E-state index contributed by atoms with van der Waals surface area (Å²) in [6, 6.07) is 20.5. The molecule has 5 rings (SSSR count). The van der Waals surface area contributed by atoms with E-state index < -0.39 is 33.7 Å². The quantitative estimate of drug-likeness (QED) is 0.436. The van der Waals surface area contributed by atoms with Crippen LogP contribution in [0.4, 0.5) is 0 Å². The molecule has 3 aromatic carbocycles. The van der Waals surface area contributed by atoms with Gasteiger partial charge in [-0.2, -0.15) is 4.31 Å². The lowest BCUT2D eigenvalue weighted by Crippen LogP contribution is -2.45. The Balaban J connectivity index is 1.38. The van der Waals surface area contributed by atoms with Crippen LogP contribution in [0.3, 0.4) is 0 Å². The van der Waals surface area contributed by atoms with Crippen LogP contribution in [-0.2, 0) is 10.0 Å². The lowest BCUT2D eigenvalue weighted by Gasteiger charge is -2.26. The van der Waals surface area contributed by atoms with E-state index in [4.69, 9.17) is 0 Å². The fourth-order valence-electron chi connectivity index (χ4n) is 4.40. The maximum Gasteiger partial charge on any atom is 0.261 e. The lowest BCUT2D eigenvalue weighted by molar-refractivity contribution is 0.0644. The summed E-state index contributed by atoms with van der Waals surface area (Å²) in [5.41, 5.74) is 1.08. The van der Waals surface area contributed by atoms with E-state index in [1.165, 1.54) is 12.1 Å². The number of carbonyl (C=O) groups is 4. The highest BCUT2D eigenvalue weighted by molar-refractivity contribution is 7.89. The first-order valence-corrected chi connectivity index (χ1v) is 12.7. The molecule has 36 heavy (non-hydrogen) atoms. The third-order valence-corrected chi connectivity index (χ3v) is 8.20. The Morgan fingerprint density at radius 2 is 0.861 bits per heavy atom. The fourth-order valence-corrected chi connectivity index (χ4v) is 5.84. The van der Waals surface area contributed by atoms with Crippen molar-refractivity contribution in [1.29, 1.82) is 0 Å². The second-order valence-electron chi connectivity index (χ2n) is 8.33. The second kappa shape index (κ2) is 9.14. The van der Waals surface area contributed by atoms with Gasteiger partial charge in [-0.3, -0.25) is 29.0 Å². The molecular weight excluding hydrogens is 482 g/mol. The van der Waals surface area contributed by atoms with Crippen LogP contribution >= 0.6 is 0 Å². The third-order valence-electron chi connectivity index (χ3n) is 6.28. The highest BCUT2D eigenvalue weighted by atomic mass is 32.2. The molecule has 0 aromatic heterocycles. The molecule has 182 valence electrons. The molecule has 0 saturated carbocycles. The monoisotopic (exact) mass is 503 g/mol. The van der Waals surface area contributed by atoms with Crippen LogP contribution in [0.25, 0.3) is 0 Å². The molecule has 2 aliphatic heterocycles. The molecule has 0 aliphatic carbocycles. The van der Waals surface area contributed by atoms with Crippen molar-refractivity contribution in [2.45, 2.75) is 4.90 Å². The van der Waals surface area contributed by atoms with Gasteiger partial charge in [0.05, 0.1) is 27.1 Å². The van der Waals surface area contributed by atoms with Gasteiger partial charge in [0, 0.05) is 26.2 Å². The van der Waals surface area contributed by atoms with Crippen LogP contribution in [-0.4, -0.2) is 72.3 Å². The van der Waals surface area contributed by atoms with E-state index in [1.54, 1.807) is 66.7 Å². The van der Waals surface area contributed by atoms with Gasteiger partial charge >= 0.3 is 0 Å². The van der Waals surface area contributed by atoms with Crippen molar-refractivity contribution in [1.82, 2.24) is 14.1 Å². The number of imide groups is 2. The van der Waals surface area contributed by atoms with Crippen LogP contribution in [0.1, 0.15) is 41.4 Å². The van der Waals surface area contributed by atoms with E-state index in [-0.39, 0.29) is 53.3 Å². The van der Waals surface area contributed by atoms with Gasteiger partial charge in [-0.05, 0) is 36.4 Å². The average Bonchev–Trinajstić information content (AvgIpc) is 3.29. The Labute approximate surface area is 207 Å². The van der Waals surface area contributed by atoms with E-state index in [0.717, 1.165) is 14.1 Å². The van der Waals surface area contributed by atoms with E-state index in [1.807, 2.05) is 0 Å². The smallest absolute Gasteiger partial charge is 0.261 e. The number of rotatable bonds is 8. The van der Waals surface area contributed by atoms with Gasteiger partial charge in [0.2, 0.25) is 10.0 Å². The minimum absolute atomic E-state index is 0.0229. The number of fused-ring (bicyclic) bond motifs is 2. The fraction of sp³-hybridized carbons (Fsp3) is 0.154. The molecule has 0 spiro atoms. The number of sulfonamides is 1. The predicted octanol–water partition coefficient (Wildman–Crippen LogP) is 2.27. The average molecular weight is 504 g/mol. The summed E-state index contributed by atoms with van der Waals surface area (Å²) in [6.07, 6.45) is 0. The summed E-state index contributed by atoms with van der Waals surface area (Å²) >= 11 is 0. The maximum absolute atomic E-state index is 13.5. The second-order valence-corrected chi connectivity index (χ2v) is 10.3. The van der Waals surface area contributed by atoms with E-state index in [2.05, 4.69) is 0 Å². The van der Waals surface area contributed by atoms with Gasteiger partial charge < -0.3 is 0 Å². The molecule has 0 atom stereocenters. The van der Waals surface area contributed by atoms with Gasteiger partial charge in [0.15, 0.2) is 0 Å². The van der Waals surface area contributed by atoms with Crippen molar-refractivity contribution in [3.05, 3.63) is 101 Å². The Morgan fingerprint density at radius 1 is 0.528 bits per heavy atom. The molecule has 2 heterocycles. The van der Waals surface area contributed by atoms with Crippen LogP contribution in [0.2, 0.25) is 0 Å². The summed E-state index contributed by atoms with van der Waals surface area (Å²) in [4.78, 5) is 53.1. The highest BCUT2D eigenvalue weighted by Crippen LogP contribution is 2.25. The van der Waals surface area contributed by atoms with Gasteiger partial charge in [-0.25, -0.2) is 8.42 Å². The van der Waals surface area contributed by atoms with Gasteiger partial charge in [-0.1, -0.05) is 42.5 Å². The van der Waals surface area contributed by atoms with Crippen LogP contribution < -0.4 is 0 Å². The van der Waals surface area contributed by atoms with Crippen LogP contribution in [0.5, 0.6) is 0 Å². The first-order valence-electron chi connectivity index (χ1n) is 11.3. The Bertz CT molecular complexity index is 1350. The zero-order valence-corrected chi connectivity index (χ0v) is 19.8. The molecule has 0 N–H and O–H groups in total. The minimum atomic E-state index is -4.05. The largest absolute Gasteiger partial charge is 0.273 e. The molecule has 10 heteroatoms. The van der Waals surface area contributed by atoms with Gasteiger partial charge in [-0.15, -0.1) is 0 Å². The molecule has 0 saturated heterocycles. The minimum Gasteiger partial charge on any atom is -0.273 e. The Kier molecular flexibility index (Phi) is 5.99. The normalized spacial score (nSPS) is 15.1. The third kappa shape index (κ3) is 3.90. The first kappa shape index (κ1) is 23.6. The predicted molar refractivity (Wildman–Crippen MR) is 129 cm³/mol. The molecular formula is C26H21N3O6S. The van der Waals surface area contributed by atoms with Crippen LogP contribution in [0, 0.1) is 0 Å². The number of hydrogen-bond acceptors (Lipinski definition) is 6. The number of hydrogen-bond donors (Lipinski definition) is 0. The SMILES string of the molecule is O=C1c2ccccc2C(=O)N1CCN(CCN1C(=O)c2ccccc2C1=O)S(=O)(=O)c1ccccc1. The summed E-state index contributed by atoms with van der Waals surface area (Å²) in [5.74, 6) is -1.97.